The topological polar surface area (TPSA) is 37.4 Å². The lowest BCUT2D eigenvalue weighted by Gasteiger charge is -2.16. The summed E-state index contributed by atoms with van der Waals surface area (Å²) in [5, 5.41) is 0. The minimum Gasteiger partial charge on any atom is -0.207 e. The summed E-state index contributed by atoms with van der Waals surface area (Å²) in [7, 11) is -3.54. The number of unbranched alkanes of at least 4 members (excludes halogenated alkanes) is 3. The zero-order valence-electron chi connectivity index (χ0n) is 18.1. The van der Waals surface area contributed by atoms with Gasteiger partial charge in [0, 0.05) is 29.5 Å². The molecule has 0 saturated heterocycles. The first kappa shape index (κ1) is 23.1. The minimum absolute atomic E-state index is 0.349. The second kappa shape index (κ2) is 10.1. The molecule has 0 N–H and O–H groups in total. The second-order valence-corrected chi connectivity index (χ2v) is 10.7. The zero-order valence-corrected chi connectivity index (χ0v) is 20.5. The van der Waals surface area contributed by atoms with E-state index in [2.05, 4.69) is 47.7 Å². The van der Waals surface area contributed by atoms with E-state index >= 15 is 0 Å². The van der Waals surface area contributed by atoms with Gasteiger partial charge in [0.1, 0.15) is 0 Å². The Labute approximate surface area is 190 Å². The molecule has 0 amide bonds. The lowest BCUT2D eigenvalue weighted by atomic mass is 9.94. The van der Waals surface area contributed by atoms with Crippen LogP contribution in [0, 0.1) is 18.8 Å². The molecule has 3 nitrogen and oxygen atoms in total. The number of fused-ring (bicyclic) bond motifs is 1. The van der Waals surface area contributed by atoms with Crippen LogP contribution in [0.15, 0.2) is 39.7 Å². The molecule has 0 radical (unpaired) electrons. The van der Waals surface area contributed by atoms with E-state index in [-0.39, 0.29) is 0 Å². The summed E-state index contributed by atoms with van der Waals surface area (Å²) in [5.41, 5.74) is 5.43. The van der Waals surface area contributed by atoms with Crippen molar-refractivity contribution in [2.45, 2.75) is 77.3 Å². The summed E-state index contributed by atoms with van der Waals surface area (Å²) in [6, 6.07) is 9.19. The van der Waals surface area contributed by atoms with Crippen LogP contribution < -0.4 is 0 Å². The van der Waals surface area contributed by atoms with E-state index in [9.17, 15) is 8.42 Å². The Kier molecular flexibility index (Phi) is 7.79. The van der Waals surface area contributed by atoms with Gasteiger partial charge < -0.3 is 0 Å². The van der Waals surface area contributed by atoms with Crippen LogP contribution in [0.1, 0.15) is 73.8 Å². The molecule has 0 fully saturated rings. The Morgan fingerprint density at radius 2 is 1.77 bits per heavy atom. The highest BCUT2D eigenvalue weighted by Gasteiger charge is 2.33. The van der Waals surface area contributed by atoms with Gasteiger partial charge in [0.25, 0.3) is 0 Å². The summed E-state index contributed by atoms with van der Waals surface area (Å²) >= 11 is 3.74. The molecule has 2 aromatic carbocycles. The normalized spacial score (nSPS) is 13.7. The smallest absolute Gasteiger partial charge is 0.207 e. The van der Waals surface area contributed by atoms with Gasteiger partial charge in [-0.15, -0.1) is 0 Å². The molecular weight excluding hydrogens is 458 g/mol. The van der Waals surface area contributed by atoms with Crippen molar-refractivity contribution in [3.63, 3.8) is 0 Å². The Morgan fingerprint density at radius 3 is 2.43 bits per heavy atom. The van der Waals surface area contributed by atoms with Gasteiger partial charge in [-0.25, -0.2) is 8.42 Å². The maximum atomic E-state index is 13.2. The number of hydrogen-bond donors (Lipinski definition) is 0. The number of sulfonamides is 1. The summed E-state index contributed by atoms with van der Waals surface area (Å²) < 4.78 is 29.1. The molecule has 2 aromatic rings. The number of halogens is 1. The molecule has 1 aliphatic rings. The lowest BCUT2D eigenvalue weighted by molar-refractivity contribution is 0.431. The van der Waals surface area contributed by atoms with E-state index in [4.69, 9.17) is 0 Å². The first-order chi connectivity index (χ1) is 14.4. The third-order valence-electron chi connectivity index (χ3n) is 5.57. The molecule has 5 heteroatoms. The van der Waals surface area contributed by atoms with Crippen LogP contribution in [0.2, 0.25) is 0 Å². The first-order valence-corrected chi connectivity index (χ1v) is 13.0. The highest BCUT2D eigenvalue weighted by molar-refractivity contribution is 9.10. The molecule has 0 spiro atoms. The molecule has 0 unspecified atom stereocenters. The first-order valence-electron chi connectivity index (χ1n) is 10.8. The predicted octanol–water partition coefficient (Wildman–Crippen LogP) is 6.35. The largest absolute Gasteiger partial charge is 0.243 e. The average Bonchev–Trinajstić information content (AvgIpc) is 3.15. The van der Waals surface area contributed by atoms with E-state index < -0.39 is 10.0 Å². The van der Waals surface area contributed by atoms with Crippen LogP contribution >= 0.6 is 15.9 Å². The molecule has 0 aromatic heterocycles. The van der Waals surface area contributed by atoms with Crippen LogP contribution in [0.5, 0.6) is 0 Å². The molecule has 0 saturated carbocycles. The minimum atomic E-state index is -3.54. The van der Waals surface area contributed by atoms with E-state index in [1.54, 1.807) is 16.4 Å². The highest BCUT2D eigenvalue weighted by atomic mass is 79.9. The summed E-state index contributed by atoms with van der Waals surface area (Å²) in [6.45, 7) is 7.08. The Hall–Kier alpha value is -1.61. The van der Waals surface area contributed by atoms with Crippen LogP contribution in [0.25, 0.3) is 0 Å². The van der Waals surface area contributed by atoms with Crippen molar-refractivity contribution in [2.24, 2.45) is 0 Å². The maximum Gasteiger partial charge on any atom is 0.243 e. The van der Waals surface area contributed by atoms with E-state index in [0.29, 0.717) is 18.0 Å². The van der Waals surface area contributed by atoms with Gasteiger partial charge in [0.05, 0.1) is 4.90 Å². The van der Waals surface area contributed by atoms with Crippen molar-refractivity contribution in [2.75, 3.05) is 0 Å². The van der Waals surface area contributed by atoms with Crippen LogP contribution in [0.4, 0.5) is 0 Å². The summed E-state index contributed by atoms with van der Waals surface area (Å²) in [5.74, 6) is 6.74. The third kappa shape index (κ3) is 4.99. The molecule has 160 valence electrons. The van der Waals surface area contributed by atoms with Crippen molar-refractivity contribution in [1.82, 2.24) is 4.31 Å². The molecule has 0 bridgehead atoms. The molecular formula is C25H30BrNO2S. The maximum absolute atomic E-state index is 13.2. The van der Waals surface area contributed by atoms with E-state index in [0.717, 1.165) is 65.3 Å². The van der Waals surface area contributed by atoms with Crippen molar-refractivity contribution in [3.05, 3.63) is 62.6 Å². The highest BCUT2D eigenvalue weighted by Crippen LogP contribution is 2.36. The van der Waals surface area contributed by atoms with Gasteiger partial charge in [0.2, 0.25) is 10.0 Å². The zero-order chi connectivity index (χ0) is 21.7. The average molecular weight is 488 g/mol. The monoisotopic (exact) mass is 487 g/mol. The molecule has 1 heterocycles. The number of benzene rings is 2. The van der Waals surface area contributed by atoms with Crippen molar-refractivity contribution < 1.29 is 8.42 Å². The van der Waals surface area contributed by atoms with Crippen molar-refractivity contribution >= 4 is 26.0 Å². The van der Waals surface area contributed by atoms with E-state index in [1.807, 2.05) is 19.1 Å². The molecule has 3 rings (SSSR count). The fourth-order valence-electron chi connectivity index (χ4n) is 3.73. The molecule has 0 atom stereocenters. The number of nitrogens with zero attached hydrogens (tertiary/aromatic N) is 1. The number of hydrogen-bond acceptors (Lipinski definition) is 2. The molecule has 30 heavy (non-hydrogen) atoms. The van der Waals surface area contributed by atoms with Gasteiger partial charge in [0.15, 0.2) is 0 Å². The van der Waals surface area contributed by atoms with Crippen molar-refractivity contribution in [1.29, 1.82) is 0 Å². The summed E-state index contributed by atoms with van der Waals surface area (Å²) in [6.07, 6.45) is 6.23. The van der Waals surface area contributed by atoms with Gasteiger partial charge >= 0.3 is 0 Å². The quantitative estimate of drug-likeness (QED) is 0.337. The predicted molar refractivity (Wildman–Crippen MR) is 127 cm³/mol. The Bertz CT molecular complexity index is 1060. The molecule has 0 aliphatic carbocycles. The fraction of sp³-hybridized carbons (Fsp3) is 0.440. The Balaban J connectivity index is 1.99. The fourth-order valence-corrected chi connectivity index (χ4v) is 5.79. The van der Waals surface area contributed by atoms with Gasteiger partial charge in [-0.2, -0.15) is 4.31 Å². The van der Waals surface area contributed by atoms with Crippen LogP contribution in [0.3, 0.4) is 0 Å². The molecule has 1 aliphatic heterocycles. The third-order valence-corrected chi connectivity index (χ3v) is 8.08. The van der Waals surface area contributed by atoms with Crippen molar-refractivity contribution in [3.8, 4) is 11.8 Å². The summed E-state index contributed by atoms with van der Waals surface area (Å²) in [4.78, 5) is 0.349. The van der Waals surface area contributed by atoms with Gasteiger partial charge in [-0.05, 0) is 61.1 Å². The van der Waals surface area contributed by atoms with Gasteiger partial charge in [-0.3, -0.25) is 0 Å². The SMILES string of the molecule is CCCCC#Cc1c(CCCC)c(Br)cc2c1CN(S(=O)(=O)c1ccc(C)cc1)C2. The van der Waals surface area contributed by atoms with Gasteiger partial charge in [-0.1, -0.05) is 72.2 Å². The van der Waals surface area contributed by atoms with Crippen LogP contribution in [-0.4, -0.2) is 12.7 Å². The standard InChI is InChI=1S/C25H30BrNO2S/c1-4-6-8-9-11-22-23(10-7-5-2)25(26)16-20-17-27(18-24(20)22)30(28,29)21-14-12-19(3)13-15-21/h12-16H,4-8,10,17-18H2,1-3H3. The lowest BCUT2D eigenvalue weighted by Crippen LogP contribution is -2.25. The van der Waals surface area contributed by atoms with E-state index in [1.165, 1.54) is 5.56 Å². The van der Waals surface area contributed by atoms with Crippen LogP contribution in [-0.2, 0) is 29.5 Å². The Morgan fingerprint density at radius 1 is 1.07 bits per heavy atom. The number of aryl methyl sites for hydroxylation is 1. The number of rotatable bonds is 7. The second-order valence-electron chi connectivity index (χ2n) is 7.94.